The molecule has 29 heavy (non-hydrogen) atoms. The second-order valence-corrected chi connectivity index (χ2v) is 7.50. The lowest BCUT2D eigenvalue weighted by Gasteiger charge is -2.38. The lowest BCUT2D eigenvalue weighted by Crippen LogP contribution is -2.47. The SMILES string of the molecule is CCN1CN(c2ccccc2C)C(=O)c2cc(OCCN3CCOCC3)ccc21. The summed E-state index contributed by atoms with van der Waals surface area (Å²) in [4.78, 5) is 19.7. The van der Waals surface area contributed by atoms with E-state index in [1.165, 1.54) is 0 Å². The molecule has 2 heterocycles. The molecule has 1 fully saturated rings. The lowest BCUT2D eigenvalue weighted by molar-refractivity contribution is 0.0322. The van der Waals surface area contributed by atoms with Crippen molar-refractivity contribution in [3.05, 3.63) is 53.6 Å². The topological polar surface area (TPSA) is 45.2 Å². The first kappa shape index (κ1) is 19.7. The van der Waals surface area contributed by atoms with Crippen LogP contribution < -0.4 is 14.5 Å². The van der Waals surface area contributed by atoms with E-state index in [-0.39, 0.29) is 5.91 Å². The maximum atomic E-state index is 13.3. The van der Waals surface area contributed by atoms with Crippen LogP contribution in [0.4, 0.5) is 11.4 Å². The first-order valence-electron chi connectivity index (χ1n) is 10.4. The van der Waals surface area contributed by atoms with E-state index in [2.05, 4.69) is 16.7 Å². The van der Waals surface area contributed by atoms with Gasteiger partial charge >= 0.3 is 0 Å². The fourth-order valence-electron chi connectivity index (χ4n) is 3.95. The Bertz CT molecular complexity index is 864. The van der Waals surface area contributed by atoms with E-state index in [4.69, 9.17) is 9.47 Å². The van der Waals surface area contributed by atoms with Crippen molar-refractivity contribution in [2.45, 2.75) is 13.8 Å². The van der Waals surface area contributed by atoms with Gasteiger partial charge in [-0.1, -0.05) is 18.2 Å². The minimum atomic E-state index is 0.0256. The van der Waals surface area contributed by atoms with Crippen molar-refractivity contribution in [2.24, 2.45) is 0 Å². The molecular formula is C23H29N3O3. The van der Waals surface area contributed by atoms with Gasteiger partial charge in [-0.25, -0.2) is 0 Å². The molecule has 2 aliphatic heterocycles. The number of nitrogens with zero attached hydrogens (tertiary/aromatic N) is 3. The molecule has 0 bridgehead atoms. The highest BCUT2D eigenvalue weighted by Gasteiger charge is 2.30. The average molecular weight is 396 g/mol. The van der Waals surface area contributed by atoms with Gasteiger partial charge in [0.25, 0.3) is 5.91 Å². The summed E-state index contributed by atoms with van der Waals surface area (Å²) in [5.41, 5.74) is 3.73. The second-order valence-electron chi connectivity index (χ2n) is 7.50. The Hall–Kier alpha value is -2.57. The molecule has 0 radical (unpaired) electrons. The molecule has 0 aliphatic carbocycles. The zero-order chi connectivity index (χ0) is 20.2. The third kappa shape index (κ3) is 4.23. The number of ether oxygens (including phenoxy) is 2. The van der Waals surface area contributed by atoms with Gasteiger partial charge in [-0.15, -0.1) is 0 Å². The van der Waals surface area contributed by atoms with Crippen LogP contribution in [0.15, 0.2) is 42.5 Å². The van der Waals surface area contributed by atoms with Crippen LogP contribution in [-0.4, -0.2) is 63.5 Å². The molecular weight excluding hydrogens is 366 g/mol. The van der Waals surface area contributed by atoms with Gasteiger partial charge in [0.05, 0.1) is 31.1 Å². The van der Waals surface area contributed by atoms with Gasteiger partial charge in [-0.2, -0.15) is 0 Å². The molecule has 0 saturated carbocycles. The minimum Gasteiger partial charge on any atom is -0.492 e. The van der Waals surface area contributed by atoms with Crippen molar-refractivity contribution in [2.75, 3.05) is 62.5 Å². The van der Waals surface area contributed by atoms with Crippen molar-refractivity contribution in [1.29, 1.82) is 0 Å². The molecule has 0 N–H and O–H groups in total. The van der Waals surface area contributed by atoms with Crippen molar-refractivity contribution in [3.63, 3.8) is 0 Å². The maximum Gasteiger partial charge on any atom is 0.262 e. The highest BCUT2D eigenvalue weighted by molar-refractivity contribution is 6.12. The normalized spacial score (nSPS) is 17.4. The number of amides is 1. The summed E-state index contributed by atoms with van der Waals surface area (Å²) in [5, 5.41) is 0. The van der Waals surface area contributed by atoms with Gasteiger partial charge in [0.2, 0.25) is 0 Å². The third-order valence-corrected chi connectivity index (χ3v) is 5.66. The Balaban J connectivity index is 1.52. The van der Waals surface area contributed by atoms with Crippen LogP contribution in [0.25, 0.3) is 0 Å². The summed E-state index contributed by atoms with van der Waals surface area (Å²) in [7, 11) is 0. The molecule has 4 rings (SSSR count). The van der Waals surface area contributed by atoms with E-state index >= 15 is 0 Å². The van der Waals surface area contributed by atoms with E-state index < -0.39 is 0 Å². The summed E-state index contributed by atoms with van der Waals surface area (Å²) in [6.07, 6.45) is 0. The van der Waals surface area contributed by atoms with Crippen molar-refractivity contribution >= 4 is 17.3 Å². The molecule has 6 heteroatoms. The van der Waals surface area contributed by atoms with Gasteiger partial charge in [-0.05, 0) is 43.7 Å². The number of para-hydroxylation sites is 1. The Morgan fingerprint density at radius 3 is 2.62 bits per heavy atom. The molecule has 0 atom stereocenters. The number of anilines is 2. The van der Waals surface area contributed by atoms with Crippen LogP contribution in [0.2, 0.25) is 0 Å². The Kier molecular flexibility index (Phi) is 6.02. The number of rotatable bonds is 6. The Morgan fingerprint density at radius 1 is 1.07 bits per heavy atom. The maximum absolute atomic E-state index is 13.3. The van der Waals surface area contributed by atoms with Crippen LogP contribution in [0.1, 0.15) is 22.8 Å². The zero-order valence-electron chi connectivity index (χ0n) is 17.3. The van der Waals surface area contributed by atoms with E-state index in [0.29, 0.717) is 18.8 Å². The molecule has 1 amide bonds. The van der Waals surface area contributed by atoms with Gasteiger partial charge < -0.3 is 14.4 Å². The fraction of sp³-hybridized carbons (Fsp3) is 0.435. The largest absolute Gasteiger partial charge is 0.492 e. The van der Waals surface area contributed by atoms with Gasteiger partial charge in [-0.3, -0.25) is 14.6 Å². The average Bonchev–Trinajstić information content (AvgIpc) is 2.76. The summed E-state index contributed by atoms with van der Waals surface area (Å²) < 4.78 is 11.4. The predicted molar refractivity (Wildman–Crippen MR) is 115 cm³/mol. The minimum absolute atomic E-state index is 0.0256. The fourth-order valence-corrected chi connectivity index (χ4v) is 3.95. The smallest absolute Gasteiger partial charge is 0.262 e. The summed E-state index contributed by atoms with van der Waals surface area (Å²) >= 11 is 0. The van der Waals surface area contributed by atoms with E-state index in [1.54, 1.807) is 0 Å². The van der Waals surface area contributed by atoms with Gasteiger partial charge in [0.15, 0.2) is 0 Å². The lowest BCUT2D eigenvalue weighted by atomic mass is 10.1. The molecule has 0 aromatic heterocycles. The molecule has 6 nitrogen and oxygen atoms in total. The highest BCUT2D eigenvalue weighted by Crippen LogP contribution is 2.34. The monoisotopic (exact) mass is 395 g/mol. The standard InChI is InChI=1S/C23H29N3O3/c1-3-25-17-26(21-7-5-4-6-18(21)2)23(27)20-16-19(8-9-22(20)25)29-15-12-24-10-13-28-14-11-24/h4-9,16H,3,10-15,17H2,1-2H3. The number of morpholine rings is 1. The molecule has 2 aliphatic rings. The van der Waals surface area contributed by atoms with Crippen LogP contribution in [0, 0.1) is 6.92 Å². The van der Waals surface area contributed by atoms with Crippen LogP contribution in [0.5, 0.6) is 5.75 Å². The molecule has 154 valence electrons. The second kappa shape index (κ2) is 8.84. The molecule has 0 spiro atoms. The van der Waals surface area contributed by atoms with E-state index in [1.807, 2.05) is 54.3 Å². The number of fused-ring (bicyclic) bond motifs is 1. The highest BCUT2D eigenvalue weighted by atomic mass is 16.5. The van der Waals surface area contributed by atoms with Crippen molar-refractivity contribution in [1.82, 2.24) is 4.90 Å². The molecule has 1 saturated heterocycles. The number of carbonyl (C=O) groups excluding carboxylic acids is 1. The summed E-state index contributed by atoms with van der Waals surface area (Å²) in [5.74, 6) is 0.769. The molecule has 2 aromatic rings. The Morgan fingerprint density at radius 2 is 1.86 bits per heavy atom. The predicted octanol–water partition coefficient (Wildman–Crippen LogP) is 3.15. The molecule has 0 unspecified atom stereocenters. The van der Waals surface area contributed by atoms with Gasteiger partial charge in [0, 0.05) is 31.9 Å². The first-order chi connectivity index (χ1) is 14.2. The van der Waals surface area contributed by atoms with Crippen molar-refractivity contribution in [3.8, 4) is 5.75 Å². The Labute approximate surface area is 172 Å². The third-order valence-electron chi connectivity index (χ3n) is 5.66. The van der Waals surface area contributed by atoms with Crippen LogP contribution in [0.3, 0.4) is 0 Å². The van der Waals surface area contributed by atoms with Crippen LogP contribution >= 0.6 is 0 Å². The van der Waals surface area contributed by atoms with Gasteiger partial charge in [0.1, 0.15) is 12.4 Å². The van der Waals surface area contributed by atoms with E-state index in [0.717, 1.165) is 62.1 Å². The number of hydrogen-bond acceptors (Lipinski definition) is 5. The number of aryl methyl sites for hydroxylation is 1. The van der Waals surface area contributed by atoms with E-state index in [9.17, 15) is 4.79 Å². The number of benzene rings is 2. The summed E-state index contributed by atoms with van der Waals surface area (Å²) in [6.45, 7) is 10.5. The molecule has 2 aromatic carbocycles. The zero-order valence-corrected chi connectivity index (χ0v) is 17.3. The van der Waals surface area contributed by atoms with Crippen LogP contribution in [-0.2, 0) is 4.74 Å². The number of hydrogen-bond donors (Lipinski definition) is 0. The quantitative estimate of drug-likeness (QED) is 0.752. The number of carbonyl (C=O) groups is 1. The van der Waals surface area contributed by atoms with Crippen molar-refractivity contribution < 1.29 is 14.3 Å². The first-order valence-corrected chi connectivity index (χ1v) is 10.4. The summed E-state index contributed by atoms with van der Waals surface area (Å²) in [6, 6.07) is 13.9.